The van der Waals surface area contributed by atoms with Crippen LogP contribution in [0.15, 0.2) is 309 Å². The summed E-state index contributed by atoms with van der Waals surface area (Å²) in [7, 11) is 0. The lowest BCUT2D eigenvalue weighted by atomic mass is 9.89. The average Bonchev–Trinajstić information content (AvgIpc) is 1.55. The Morgan fingerprint density at radius 2 is 0.621 bits per heavy atom. The summed E-state index contributed by atoms with van der Waals surface area (Å²) < 4.78 is 7.20. The predicted molar refractivity (Wildman–Crippen MR) is 398 cm³/mol. The van der Waals surface area contributed by atoms with Crippen LogP contribution in [0.2, 0.25) is 0 Å². The van der Waals surface area contributed by atoms with E-state index < -0.39 is 0 Å². The van der Waals surface area contributed by atoms with E-state index in [4.69, 9.17) is 9.97 Å². The fourth-order valence-corrected chi connectivity index (χ4v) is 16.9. The van der Waals surface area contributed by atoms with Crippen LogP contribution in [0.1, 0.15) is 0 Å². The van der Waals surface area contributed by atoms with Crippen molar-refractivity contribution in [1.29, 1.82) is 0 Å². The maximum atomic E-state index is 5.43. The number of benzene rings is 16. The number of aromatic nitrogens is 5. The minimum Gasteiger partial charge on any atom is -0.309 e. The fourth-order valence-electron chi connectivity index (χ4n) is 16.9. The number of fused-ring (bicyclic) bond motifs is 12. The van der Waals surface area contributed by atoms with Crippen LogP contribution in [0.3, 0.4) is 0 Å². The van der Waals surface area contributed by atoms with E-state index in [1.807, 2.05) is 0 Å². The molecule has 0 bridgehead atoms. The summed E-state index contributed by atoms with van der Waals surface area (Å²) in [5.41, 5.74) is 26.9. The van der Waals surface area contributed by atoms with Gasteiger partial charge < -0.3 is 9.13 Å². The van der Waals surface area contributed by atoms with Crippen LogP contribution >= 0.6 is 0 Å². The molecular weight excluding hydrogens is 1150 g/mol. The lowest BCUT2D eigenvalue weighted by molar-refractivity contribution is 1.01. The predicted octanol–water partition coefficient (Wildman–Crippen LogP) is 23.8. The molecule has 0 atom stereocenters. The normalized spacial score (nSPS) is 12.4. The maximum absolute atomic E-state index is 5.43. The standard InChI is InChI=1S/C90H51N5/c1-2-14-56(15-3-1)89-70-21-6-8-26-76(70)91-90(92-89)95-80-29-13-25-69-73-49-61-31-30-59(46-62(61)51-74(73)67-23-11-19-55-37-45-82(95)88(84(55)67)86(69)80)60-38-43-78-75(50-60)65-20-7-9-27-77(65)93(78)63-39-32-52(33-40-63)53-34-41-64(42-35-53)94-79-28-12-24-68-72-48-58-17-5-4-16-57(58)47-71(72)66-22-10-18-54-36-44-81(94)87(83(54)66)85(68)79/h1-51H. The molecule has 0 unspecified atom stereocenters. The Hall–Kier alpha value is -12.7. The van der Waals surface area contributed by atoms with E-state index in [2.05, 4.69) is 323 Å². The van der Waals surface area contributed by atoms with Crippen LogP contribution in [-0.4, -0.2) is 23.7 Å². The van der Waals surface area contributed by atoms with E-state index in [1.54, 1.807) is 0 Å². The monoisotopic (exact) mass is 1200 g/mol. The molecule has 0 radical (unpaired) electrons. The number of nitrogens with zero attached hydrogens (tertiary/aromatic N) is 5. The lowest BCUT2D eigenvalue weighted by Gasteiger charge is -2.16. The van der Waals surface area contributed by atoms with Crippen LogP contribution in [-0.2, 0) is 0 Å². The maximum Gasteiger partial charge on any atom is 0.235 e. The molecule has 0 saturated carbocycles. The Morgan fingerprint density at radius 1 is 0.200 bits per heavy atom. The van der Waals surface area contributed by atoms with Gasteiger partial charge in [0.05, 0.1) is 44.3 Å². The van der Waals surface area contributed by atoms with Gasteiger partial charge in [0.1, 0.15) is 0 Å². The van der Waals surface area contributed by atoms with E-state index in [-0.39, 0.29) is 0 Å². The van der Waals surface area contributed by atoms with Crippen LogP contribution < -0.4 is 0 Å². The fraction of sp³-hybridized carbons (Fsp3) is 0. The molecule has 0 aliphatic heterocycles. The molecule has 20 aromatic rings. The van der Waals surface area contributed by atoms with E-state index in [0.717, 1.165) is 44.6 Å². The Bertz CT molecular complexity index is 6800. The molecular formula is C90H51N5. The van der Waals surface area contributed by atoms with Crippen molar-refractivity contribution >= 4 is 119 Å². The summed E-state index contributed by atoms with van der Waals surface area (Å²) in [6, 6.07) is 115. The highest BCUT2D eigenvalue weighted by Crippen LogP contribution is 2.53. The van der Waals surface area contributed by atoms with Crippen LogP contribution in [0, 0.1) is 0 Å². The Labute approximate surface area is 544 Å². The van der Waals surface area contributed by atoms with Crippen molar-refractivity contribution in [2.24, 2.45) is 0 Å². The Morgan fingerprint density at radius 3 is 1.26 bits per heavy atom. The molecule has 2 aliphatic rings. The second-order valence-corrected chi connectivity index (χ2v) is 25.9. The van der Waals surface area contributed by atoms with E-state index in [1.165, 1.54) is 164 Å². The minimum absolute atomic E-state index is 0.665. The van der Waals surface area contributed by atoms with Gasteiger partial charge in [-0.3, -0.25) is 4.57 Å². The van der Waals surface area contributed by atoms with Crippen molar-refractivity contribution in [2.45, 2.75) is 0 Å². The number of hydrogen-bond donors (Lipinski definition) is 0. The zero-order valence-electron chi connectivity index (χ0n) is 51.2. The summed E-state index contributed by atoms with van der Waals surface area (Å²) >= 11 is 0. The van der Waals surface area contributed by atoms with Gasteiger partial charge in [0, 0.05) is 54.6 Å². The smallest absolute Gasteiger partial charge is 0.235 e. The van der Waals surface area contributed by atoms with E-state index in [0.29, 0.717) is 5.95 Å². The highest BCUT2D eigenvalue weighted by atomic mass is 15.2. The molecule has 95 heavy (non-hydrogen) atoms. The van der Waals surface area contributed by atoms with Gasteiger partial charge >= 0.3 is 0 Å². The first-order valence-corrected chi connectivity index (χ1v) is 32.8. The third kappa shape index (κ3) is 7.10. The molecule has 2 aliphatic carbocycles. The Kier molecular flexibility index (Phi) is 10.2. The summed E-state index contributed by atoms with van der Waals surface area (Å²) in [6.07, 6.45) is 0. The summed E-state index contributed by atoms with van der Waals surface area (Å²) in [5.74, 6) is 0.665. The van der Waals surface area contributed by atoms with Gasteiger partial charge in [0.15, 0.2) is 0 Å². The van der Waals surface area contributed by atoms with Gasteiger partial charge in [-0.2, -0.15) is 0 Å². The van der Waals surface area contributed by atoms with Crippen LogP contribution in [0.4, 0.5) is 0 Å². The Balaban J connectivity index is 0.616. The van der Waals surface area contributed by atoms with Gasteiger partial charge in [-0.25, -0.2) is 9.97 Å². The summed E-state index contributed by atoms with van der Waals surface area (Å²) in [5, 5.41) is 18.6. The highest BCUT2D eigenvalue weighted by Gasteiger charge is 2.29. The molecule has 5 heteroatoms. The molecule has 4 aromatic heterocycles. The molecule has 0 saturated heterocycles. The SMILES string of the molecule is c1ccc(-c2nc(-n3c4cccc5c4c4c6c(cccc6ccc43)-c3cc4cc(-c6ccc7c(c6)c6ccccc6n7-c6ccc(-c7ccc(-n8c9cccc%10c9c9c%11c(cccc%11ccc98)-c8cc9ccccc9cc8-%10)cc7)cc6)ccc4cc3-5)nc3ccccc23)cc1. The van der Waals surface area contributed by atoms with Crippen molar-refractivity contribution in [3.05, 3.63) is 309 Å². The first-order chi connectivity index (χ1) is 47.1. The molecule has 0 spiro atoms. The lowest BCUT2D eigenvalue weighted by Crippen LogP contribution is -2.03. The molecule has 0 N–H and O–H groups in total. The summed E-state index contributed by atoms with van der Waals surface area (Å²) in [4.78, 5) is 10.7. The van der Waals surface area contributed by atoms with Crippen LogP contribution in [0.5, 0.6) is 0 Å². The first-order valence-electron chi connectivity index (χ1n) is 32.8. The van der Waals surface area contributed by atoms with E-state index >= 15 is 0 Å². The van der Waals surface area contributed by atoms with Gasteiger partial charge in [-0.15, -0.1) is 0 Å². The molecule has 16 aromatic carbocycles. The highest BCUT2D eigenvalue weighted by molar-refractivity contribution is 6.33. The first kappa shape index (κ1) is 51.0. The quantitative estimate of drug-likeness (QED) is 0.166. The number of hydrogen-bond acceptors (Lipinski definition) is 2. The largest absolute Gasteiger partial charge is 0.309 e. The molecule has 4 heterocycles. The van der Waals surface area contributed by atoms with Crippen molar-refractivity contribution in [2.75, 3.05) is 0 Å². The van der Waals surface area contributed by atoms with Gasteiger partial charge in [-0.05, 0) is 213 Å². The molecule has 5 nitrogen and oxygen atoms in total. The molecule has 436 valence electrons. The van der Waals surface area contributed by atoms with Crippen molar-refractivity contribution < 1.29 is 0 Å². The van der Waals surface area contributed by atoms with E-state index in [9.17, 15) is 0 Å². The second-order valence-electron chi connectivity index (χ2n) is 25.9. The number of para-hydroxylation sites is 2. The molecule has 0 amide bonds. The van der Waals surface area contributed by atoms with Gasteiger partial charge in [0.25, 0.3) is 0 Å². The third-order valence-electron chi connectivity index (χ3n) is 21.0. The minimum atomic E-state index is 0.665. The molecule has 0 fully saturated rings. The van der Waals surface area contributed by atoms with Crippen molar-refractivity contribution in [3.8, 4) is 95.3 Å². The van der Waals surface area contributed by atoms with Crippen molar-refractivity contribution in [3.63, 3.8) is 0 Å². The second kappa shape index (κ2) is 19.0. The molecule has 22 rings (SSSR count). The van der Waals surface area contributed by atoms with Gasteiger partial charge in [-0.1, -0.05) is 206 Å². The number of rotatable bonds is 6. The third-order valence-corrected chi connectivity index (χ3v) is 21.0. The van der Waals surface area contributed by atoms with Crippen molar-refractivity contribution in [1.82, 2.24) is 23.7 Å². The zero-order chi connectivity index (χ0) is 61.7. The summed E-state index contributed by atoms with van der Waals surface area (Å²) in [6.45, 7) is 0. The average molecular weight is 1200 g/mol. The zero-order valence-corrected chi connectivity index (χ0v) is 51.2. The van der Waals surface area contributed by atoms with Crippen LogP contribution in [0.25, 0.3) is 215 Å². The topological polar surface area (TPSA) is 40.6 Å². The van der Waals surface area contributed by atoms with Gasteiger partial charge in [0.2, 0.25) is 5.95 Å².